The SMILES string of the molecule is Cc1ccc(N)cc1S(=O)(=O)N(C)CCc1ccccc1. The molecular weight excluding hydrogens is 284 g/mol. The van der Waals surface area contributed by atoms with Gasteiger partial charge in [-0.05, 0) is 36.6 Å². The molecule has 0 radical (unpaired) electrons. The van der Waals surface area contributed by atoms with Gasteiger partial charge in [0.25, 0.3) is 0 Å². The molecule has 5 heteroatoms. The lowest BCUT2D eigenvalue weighted by Gasteiger charge is -2.19. The Hall–Kier alpha value is -1.85. The molecule has 0 aliphatic rings. The van der Waals surface area contributed by atoms with Crippen molar-refractivity contribution in [1.82, 2.24) is 4.31 Å². The number of sulfonamides is 1. The molecule has 112 valence electrons. The first-order chi connectivity index (χ1) is 9.91. The highest BCUT2D eigenvalue weighted by Gasteiger charge is 2.22. The van der Waals surface area contributed by atoms with Crippen LogP contribution in [0.25, 0.3) is 0 Å². The van der Waals surface area contributed by atoms with Crippen molar-refractivity contribution in [2.75, 3.05) is 19.3 Å². The van der Waals surface area contributed by atoms with Crippen LogP contribution in [-0.2, 0) is 16.4 Å². The molecule has 0 atom stereocenters. The van der Waals surface area contributed by atoms with Crippen LogP contribution >= 0.6 is 0 Å². The minimum atomic E-state index is -3.51. The highest BCUT2D eigenvalue weighted by atomic mass is 32.2. The van der Waals surface area contributed by atoms with Crippen molar-refractivity contribution in [3.63, 3.8) is 0 Å². The molecule has 2 aromatic carbocycles. The first kappa shape index (κ1) is 15.5. The lowest BCUT2D eigenvalue weighted by molar-refractivity contribution is 0.472. The second kappa shape index (κ2) is 6.28. The third-order valence-electron chi connectivity index (χ3n) is 3.46. The van der Waals surface area contributed by atoms with Gasteiger partial charge in [-0.25, -0.2) is 12.7 Å². The van der Waals surface area contributed by atoms with Crippen molar-refractivity contribution in [1.29, 1.82) is 0 Å². The number of rotatable bonds is 5. The molecule has 21 heavy (non-hydrogen) atoms. The smallest absolute Gasteiger partial charge is 0.243 e. The molecule has 0 aromatic heterocycles. The van der Waals surface area contributed by atoms with E-state index < -0.39 is 10.0 Å². The summed E-state index contributed by atoms with van der Waals surface area (Å²) in [5, 5.41) is 0. The van der Waals surface area contributed by atoms with E-state index in [0.717, 1.165) is 5.56 Å². The van der Waals surface area contributed by atoms with Crippen LogP contribution in [0.2, 0.25) is 0 Å². The fraction of sp³-hybridized carbons (Fsp3) is 0.250. The van der Waals surface area contributed by atoms with Gasteiger partial charge in [-0.1, -0.05) is 36.4 Å². The predicted molar refractivity (Wildman–Crippen MR) is 85.6 cm³/mol. The van der Waals surface area contributed by atoms with Crippen LogP contribution in [0.3, 0.4) is 0 Å². The minimum absolute atomic E-state index is 0.276. The number of aryl methyl sites for hydroxylation is 1. The fourth-order valence-corrected chi connectivity index (χ4v) is 3.54. The summed E-state index contributed by atoms with van der Waals surface area (Å²) in [6, 6.07) is 14.8. The van der Waals surface area contributed by atoms with Crippen molar-refractivity contribution >= 4 is 15.7 Å². The van der Waals surface area contributed by atoms with Gasteiger partial charge >= 0.3 is 0 Å². The van der Waals surface area contributed by atoms with Crippen molar-refractivity contribution in [3.8, 4) is 0 Å². The van der Waals surface area contributed by atoms with Crippen molar-refractivity contribution in [2.24, 2.45) is 0 Å². The Balaban J connectivity index is 2.17. The maximum atomic E-state index is 12.6. The summed E-state index contributed by atoms with van der Waals surface area (Å²) in [4.78, 5) is 0.276. The third-order valence-corrected chi connectivity index (χ3v) is 5.46. The standard InChI is InChI=1S/C16H20N2O2S/c1-13-8-9-15(17)12-16(13)21(19,20)18(2)11-10-14-6-4-3-5-7-14/h3-9,12H,10-11,17H2,1-2H3. The summed E-state index contributed by atoms with van der Waals surface area (Å²) in [6.07, 6.45) is 0.679. The topological polar surface area (TPSA) is 63.4 Å². The Morgan fingerprint density at radius 1 is 1.10 bits per heavy atom. The first-order valence-electron chi connectivity index (χ1n) is 6.77. The summed E-state index contributed by atoms with van der Waals surface area (Å²) in [5.74, 6) is 0. The number of hydrogen-bond donors (Lipinski definition) is 1. The number of likely N-dealkylation sites (N-methyl/N-ethyl adjacent to an activating group) is 1. The third kappa shape index (κ3) is 3.62. The van der Waals surface area contributed by atoms with Crippen LogP contribution < -0.4 is 5.73 Å². The largest absolute Gasteiger partial charge is 0.399 e. The number of benzene rings is 2. The van der Waals surface area contributed by atoms with Gasteiger partial charge in [0.2, 0.25) is 10.0 Å². The molecule has 4 nitrogen and oxygen atoms in total. The van der Waals surface area contributed by atoms with Gasteiger partial charge in [-0.2, -0.15) is 0 Å². The molecule has 0 fully saturated rings. The molecule has 0 saturated heterocycles. The molecule has 0 unspecified atom stereocenters. The average Bonchev–Trinajstić information content (AvgIpc) is 2.48. The van der Waals surface area contributed by atoms with Gasteiger partial charge in [0.15, 0.2) is 0 Å². The Morgan fingerprint density at radius 3 is 2.43 bits per heavy atom. The van der Waals surface area contributed by atoms with E-state index in [1.165, 1.54) is 10.4 Å². The molecule has 0 aliphatic carbocycles. The second-order valence-electron chi connectivity index (χ2n) is 5.09. The van der Waals surface area contributed by atoms with Crippen molar-refractivity contribution in [2.45, 2.75) is 18.2 Å². The van der Waals surface area contributed by atoms with E-state index >= 15 is 0 Å². The van der Waals surface area contributed by atoms with Crippen LogP contribution in [0.5, 0.6) is 0 Å². The molecule has 0 spiro atoms. The maximum absolute atomic E-state index is 12.6. The lowest BCUT2D eigenvalue weighted by atomic mass is 10.2. The normalized spacial score (nSPS) is 11.8. The molecule has 2 aromatic rings. The van der Waals surface area contributed by atoms with E-state index in [-0.39, 0.29) is 4.90 Å². The Bertz CT molecular complexity index is 712. The van der Waals surface area contributed by atoms with Crippen LogP contribution in [0.4, 0.5) is 5.69 Å². The van der Waals surface area contributed by atoms with Gasteiger partial charge in [0.05, 0.1) is 4.90 Å². The van der Waals surface area contributed by atoms with Gasteiger partial charge in [-0.3, -0.25) is 0 Å². The number of nitrogen functional groups attached to an aromatic ring is 1. The maximum Gasteiger partial charge on any atom is 0.243 e. The average molecular weight is 304 g/mol. The number of nitrogens with zero attached hydrogens (tertiary/aromatic N) is 1. The van der Waals surface area contributed by atoms with E-state index in [1.54, 1.807) is 26.1 Å². The summed E-state index contributed by atoms with van der Waals surface area (Å²) < 4.78 is 26.6. The highest BCUT2D eigenvalue weighted by molar-refractivity contribution is 7.89. The predicted octanol–water partition coefficient (Wildman–Crippen LogP) is 2.44. The van der Waals surface area contributed by atoms with Crippen LogP contribution in [0.15, 0.2) is 53.4 Å². The van der Waals surface area contributed by atoms with Gasteiger partial charge < -0.3 is 5.73 Å². The van der Waals surface area contributed by atoms with Gasteiger partial charge in [0.1, 0.15) is 0 Å². The molecular formula is C16H20N2O2S. The molecule has 0 saturated carbocycles. The number of nitrogens with two attached hydrogens (primary N) is 1. The first-order valence-corrected chi connectivity index (χ1v) is 8.21. The zero-order valence-corrected chi connectivity index (χ0v) is 13.1. The zero-order valence-electron chi connectivity index (χ0n) is 12.3. The summed E-state index contributed by atoms with van der Waals surface area (Å²) in [6.45, 7) is 2.21. The van der Waals surface area contributed by atoms with Crippen molar-refractivity contribution in [3.05, 3.63) is 59.7 Å². The Morgan fingerprint density at radius 2 is 1.76 bits per heavy atom. The van der Waals surface area contributed by atoms with E-state index in [0.29, 0.717) is 24.2 Å². The Labute approximate surface area is 126 Å². The molecule has 0 bridgehead atoms. The van der Waals surface area contributed by atoms with E-state index in [2.05, 4.69) is 0 Å². The second-order valence-corrected chi connectivity index (χ2v) is 7.10. The summed E-state index contributed by atoms with van der Waals surface area (Å²) in [7, 11) is -1.91. The van der Waals surface area contributed by atoms with E-state index in [1.807, 2.05) is 30.3 Å². The zero-order chi connectivity index (χ0) is 15.5. The van der Waals surface area contributed by atoms with Crippen LogP contribution in [-0.4, -0.2) is 26.3 Å². The fourth-order valence-electron chi connectivity index (χ4n) is 2.11. The summed E-state index contributed by atoms with van der Waals surface area (Å²) >= 11 is 0. The number of hydrogen-bond acceptors (Lipinski definition) is 3. The van der Waals surface area contributed by atoms with Crippen LogP contribution in [0, 0.1) is 6.92 Å². The lowest BCUT2D eigenvalue weighted by Crippen LogP contribution is -2.29. The molecule has 0 heterocycles. The molecule has 0 aliphatic heterocycles. The minimum Gasteiger partial charge on any atom is -0.399 e. The molecule has 0 amide bonds. The summed E-state index contributed by atoms with van der Waals surface area (Å²) in [5.41, 5.74) is 7.98. The number of anilines is 1. The highest BCUT2D eigenvalue weighted by Crippen LogP contribution is 2.21. The molecule has 2 rings (SSSR count). The van der Waals surface area contributed by atoms with Gasteiger partial charge in [-0.15, -0.1) is 0 Å². The quantitative estimate of drug-likeness (QED) is 0.863. The van der Waals surface area contributed by atoms with Gasteiger partial charge in [0, 0.05) is 19.3 Å². The van der Waals surface area contributed by atoms with Crippen LogP contribution in [0.1, 0.15) is 11.1 Å². The Kier molecular flexibility index (Phi) is 4.65. The van der Waals surface area contributed by atoms with E-state index in [4.69, 9.17) is 5.73 Å². The molecule has 2 N–H and O–H groups in total. The van der Waals surface area contributed by atoms with E-state index in [9.17, 15) is 8.42 Å². The monoisotopic (exact) mass is 304 g/mol. The van der Waals surface area contributed by atoms with Crippen molar-refractivity contribution < 1.29 is 8.42 Å².